The van der Waals surface area contributed by atoms with E-state index < -0.39 is 6.10 Å². The van der Waals surface area contributed by atoms with Gasteiger partial charge in [0.05, 0.1) is 0 Å². The second-order valence-electron chi connectivity index (χ2n) is 6.93. The fourth-order valence-corrected chi connectivity index (χ4v) is 5.24. The van der Waals surface area contributed by atoms with Crippen LogP contribution < -0.4 is 4.74 Å². The summed E-state index contributed by atoms with van der Waals surface area (Å²) in [7, 11) is 2.19. The predicted octanol–water partition coefficient (Wildman–Crippen LogP) is 0.373. The Hall–Kier alpha value is -1.56. The van der Waals surface area contributed by atoms with Crippen LogP contribution in [0.15, 0.2) is 24.3 Å². The second-order valence-corrected chi connectivity index (χ2v) is 6.93. The van der Waals surface area contributed by atoms with Crippen molar-refractivity contribution >= 4 is 0 Å². The van der Waals surface area contributed by atoms with Crippen molar-refractivity contribution in [2.45, 2.75) is 36.5 Å². The molecule has 5 atom stereocenters. The number of hydrogen-bond acceptors (Lipinski definition) is 4. The summed E-state index contributed by atoms with van der Waals surface area (Å²) in [6.07, 6.45) is 5.18. The van der Waals surface area contributed by atoms with Gasteiger partial charge in [-0.05, 0) is 38.1 Å². The largest absolute Gasteiger partial charge is 0.504 e. The normalized spacial score (nSPS) is 40.6. The number of benzene rings is 1. The van der Waals surface area contributed by atoms with Gasteiger partial charge in [-0.25, -0.2) is 0 Å². The summed E-state index contributed by atoms with van der Waals surface area (Å²) < 4.78 is 6.09. The average molecular weight is 303 g/mol. The summed E-state index contributed by atoms with van der Waals surface area (Å²) in [5.74, 6) is 1.19. The second kappa shape index (κ2) is 4.25. The molecule has 0 radical (unpaired) electrons. The maximum Gasteiger partial charge on any atom is 0.165 e. The first-order valence-electron chi connectivity index (χ1n) is 7.71. The summed E-state index contributed by atoms with van der Waals surface area (Å²) in [4.78, 5) is 2.43. The van der Waals surface area contributed by atoms with Gasteiger partial charge in [-0.2, -0.15) is 0 Å². The molecular formula is C17H21NO4. The highest BCUT2D eigenvalue weighted by molar-refractivity contribution is 5.61. The van der Waals surface area contributed by atoms with E-state index in [4.69, 9.17) is 4.74 Å². The molecule has 1 aromatic carbocycles. The third-order valence-corrected chi connectivity index (χ3v) is 6.15. The summed E-state index contributed by atoms with van der Waals surface area (Å²) in [5, 5.41) is 20.6. The molecule has 5 rings (SSSR count). The smallest absolute Gasteiger partial charge is 0.165 e. The molecule has 2 aliphatic carbocycles. The highest BCUT2D eigenvalue weighted by Crippen LogP contribution is 2.62. The molecule has 5 nitrogen and oxygen atoms in total. The van der Waals surface area contributed by atoms with E-state index in [9.17, 15) is 10.2 Å². The Labute approximate surface area is 129 Å². The number of likely N-dealkylation sites (tertiary alicyclic amines) is 1. The van der Waals surface area contributed by atoms with Crippen molar-refractivity contribution in [3.05, 3.63) is 35.4 Å². The molecule has 22 heavy (non-hydrogen) atoms. The lowest BCUT2D eigenvalue weighted by Crippen LogP contribution is -2.64. The first-order valence-corrected chi connectivity index (χ1v) is 7.71. The van der Waals surface area contributed by atoms with Crippen molar-refractivity contribution in [1.82, 2.24) is 4.90 Å². The molecule has 0 amide bonds. The monoisotopic (exact) mass is 303 g/mol. The number of likely N-dealkylation sites (N-methyl/N-ethyl adjacent to an activating group) is 1. The average Bonchev–Trinajstić information content (AvgIpc) is 2.83. The first kappa shape index (κ1) is 14.1. The fourth-order valence-electron chi connectivity index (χ4n) is 5.24. The van der Waals surface area contributed by atoms with Crippen molar-refractivity contribution in [2.75, 3.05) is 13.6 Å². The maximum atomic E-state index is 10.4. The van der Waals surface area contributed by atoms with Gasteiger partial charge < -0.3 is 25.3 Å². The van der Waals surface area contributed by atoms with Gasteiger partial charge in [-0.3, -0.25) is 0 Å². The van der Waals surface area contributed by atoms with Gasteiger partial charge in [0.1, 0.15) is 12.2 Å². The summed E-state index contributed by atoms with van der Waals surface area (Å²) in [6.45, 7) is 1.01. The summed E-state index contributed by atoms with van der Waals surface area (Å²) in [5.41, 5.74) is 2.29. The van der Waals surface area contributed by atoms with E-state index in [0.717, 1.165) is 19.4 Å². The zero-order valence-electron chi connectivity index (χ0n) is 12.5. The number of aliphatic hydroxyl groups excluding tert-OH is 1. The van der Waals surface area contributed by atoms with Crippen LogP contribution in [0.3, 0.4) is 0 Å². The van der Waals surface area contributed by atoms with Crippen molar-refractivity contribution in [1.29, 1.82) is 0 Å². The van der Waals surface area contributed by atoms with E-state index in [2.05, 4.69) is 18.0 Å². The van der Waals surface area contributed by atoms with Crippen molar-refractivity contribution in [2.24, 2.45) is 5.92 Å². The van der Waals surface area contributed by atoms with Crippen molar-refractivity contribution in [3.8, 4) is 11.5 Å². The Kier molecular flexibility index (Phi) is 2.72. The third-order valence-electron chi connectivity index (χ3n) is 6.15. The molecule has 2 heterocycles. The highest BCUT2D eigenvalue weighted by atomic mass is 16.5. The maximum absolute atomic E-state index is 10.4. The number of rotatable bonds is 0. The Balaban J connectivity index is 0.00000125. The number of hydrogen-bond donors (Lipinski definition) is 2. The molecule has 2 aliphatic heterocycles. The van der Waals surface area contributed by atoms with Crippen molar-refractivity contribution < 1.29 is 20.4 Å². The van der Waals surface area contributed by atoms with Crippen LogP contribution >= 0.6 is 0 Å². The lowest BCUT2D eigenvalue weighted by Gasteiger charge is -2.56. The topological polar surface area (TPSA) is 84.4 Å². The van der Waals surface area contributed by atoms with Crippen LogP contribution in [0, 0.1) is 5.92 Å². The highest BCUT2D eigenvalue weighted by Gasteiger charge is 2.64. The number of ether oxygens (including phenoxy) is 1. The number of aliphatic hydroxyl groups is 1. The molecule has 1 spiro atoms. The molecule has 4 aliphatic rings. The van der Waals surface area contributed by atoms with Crippen LogP contribution in [-0.4, -0.2) is 52.4 Å². The van der Waals surface area contributed by atoms with Gasteiger partial charge in [0.25, 0.3) is 0 Å². The molecule has 5 unspecified atom stereocenters. The van der Waals surface area contributed by atoms with E-state index in [0.29, 0.717) is 17.7 Å². The summed E-state index contributed by atoms with van der Waals surface area (Å²) >= 11 is 0. The van der Waals surface area contributed by atoms with Gasteiger partial charge >= 0.3 is 0 Å². The fraction of sp³-hybridized carbons (Fsp3) is 0.529. The minimum atomic E-state index is -0.594. The minimum absolute atomic E-state index is 0. The number of phenolic OH excluding ortho intramolecular Hbond substituents is 1. The van der Waals surface area contributed by atoms with Crippen LogP contribution in [0.1, 0.15) is 17.5 Å². The van der Waals surface area contributed by atoms with E-state index in [-0.39, 0.29) is 22.7 Å². The number of nitrogens with zero attached hydrogens (tertiary/aromatic N) is 1. The predicted molar refractivity (Wildman–Crippen MR) is 81.2 cm³/mol. The van der Waals surface area contributed by atoms with Gasteiger partial charge in [0, 0.05) is 22.9 Å². The minimum Gasteiger partial charge on any atom is -0.504 e. The van der Waals surface area contributed by atoms with E-state index >= 15 is 0 Å². The van der Waals surface area contributed by atoms with Crippen LogP contribution in [-0.2, 0) is 11.8 Å². The van der Waals surface area contributed by atoms with Gasteiger partial charge in [0.2, 0.25) is 0 Å². The Bertz CT molecular complexity index is 673. The standard InChI is InChI=1S/C17H19NO3.H2O/c1-18-7-6-17-10-3-5-13(20)16(17)21-15-12(19)4-2-9(14(15)17)8-11(10)18;/h2-5,10-11,13,16,19-20H,6-8H2,1H3;1H2. The molecule has 1 fully saturated rings. The molecular weight excluding hydrogens is 282 g/mol. The quantitative estimate of drug-likeness (QED) is 0.678. The molecule has 0 saturated carbocycles. The van der Waals surface area contributed by atoms with E-state index in [1.165, 1.54) is 11.1 Å². The molecule has 5 heteroatoms. The van der Waals surface area contributed by atoms with Gasteiger partial charge in [0.15, 0.2) is 11.5 Å². The first-order chi connectivity index (χ1) is 10.1. The Morgan fingerprint density at radius 1 is 1.32 bits per heavy atom. The SMILES string of the molecule is CN1CCC23c4c5ccc(O)c4OC2C(O)C=CC3C1C5.O. The third kappa shape index (κ3) is 1.35. The van der Waals surface area contributed by atoms with Crippen LogP contribution in [0.5, 0.6) is 11.5 Å². The van der Waals surface area contributed by atoms with Crippen LogP contribution in [0.2, 0.25) is 0 Å². The lowest BCUT2D eigenvalue weighted by atomic mass is 9.53. The van der Waals surface area contributed by atoms with Crippen LogP contribution in [0.25, 0.3) is 0 Å². The molecule has 118 valence electrons. The van der Waals surface area contributed by atoms with E-state index in [1.54, 1.807) is 6.07 Å². The number of phenols is 1. The zero-order chi connectivity index (χ0) is 14.4. The Morgan fingerprint density at radius 2 is 2.14 bits per heavy atom. The molecule has 0 aromatic heterocycles. The zero-order valence-corrected chi connectivity index (χ0v) is 12.5. The Morgan fingerprint density at radius 3 is 2.95 bits per heavy atom. The van der Waals surface area contributed by atoms with Gasteiger partial charge in [-0.15, -0.1) is 0 Å². The number of aromatic hydroxyl groups is 1. The lowest BCUT2D eigenvalue weighted by molar-refractivity contribution is -0.0453. The van der Waals surface area contributed by atoms with Crippen LogP contribution in [0.4, 0.5) is 0 Å². The van der Waals surface area contributed by atoms with Crippen molar-refractivity contribution in [3.63, 3.8) is 0 Å². The summed E-state index contributed by atoms with van der Waals surface area (Å²) in [6, 6.07) is 4.23. The van der Waals surface area contributed by atoms with E-state index in [1.807, 2.05) is 12.1 Å². The molecule has 1 aromatic rings. The molecule has 1 saturated heterocycles. The number of piperidine rings is 1. The van der Waals surface area contributed by atoms with Gasteiger partial charge in [-0.1, -0.05) is 18.2 Å². The molecule has 4 N–H and O–H groups in total. The molecule has 2 bridgehead atoms.